The number of anilines is 1. The summed E-state index contributed by atoms with van der Waals surface area (Å²) < 4.78 is 0. The zero-order valence-electron chi connectivity index (χ0n) is 12.8. The second-order valence-electron chi connectivity index (χ2n) is 6.21. The maximum atomic E-state index is 12.5. The van der Waals surface area contributed by atoms with Crippen LogP contribution in [0.1, 0.15) is 24.8 Å². The molecule has 1 amide bonds. The van der Waals surface area contributed by atoms with Crippen LogP contribution in [0, 0.1) is 5.92 Å². The van der Waals surface area contributed by atoms with E-state index in [1.165, 1.54) is 24.1 Å². The largest absolute Gasteiger partial charge is 0.371 e. The Morgan fingerprint density at radius 3 is 2.81 bits per heavy atom. The molecule has 1 atom stereocenters. The van der Waals surface area contributed by atoms with Gasteiger partial charge >= 0.3 is 0 Å². The van der Waals surface area contributed by atoms with Crippen LogP contribution < -0.4 is 10.2 Å². The van der Waals surface area contributed by atoms with Crippen molar-refractivity contribution in [2.24, 2.45) is 5.92 Å². The van der Waals surface area contributed by atoms with Crippen LogP contribution in [0.25, 0.3) is 0 Å². The van der Waals surface area contributed by atoms with Crippen LogP contribution in [0.4, 0.5) is 5.69 Å². The number of nitrogens with zero attached hydrogens (tertiary/aromatic N) is 2. The lowest BCUT2D eigenvalue weighted by molar-refractivity contribution is -0.134. The molecule has 2 aliphatic heterocycles. The quantitative estimate of drug-likeness (QED) is 0.918. The molecular weight excluding hydrogens is 262 g/mol. The average molecular weight is 287 g/mol. The summed E-state index contributed by atoms with van der Waals surface area (Å²) in [5, 5.41) is 3.27. The fourth-order valence-electron chi connectivity index (χ4n) is 3.42. The molecule has 1 aromatic rings. The standard InChI is InChI=1S/C17H25N3O/c1-19(17(21)14-8-9-18-12-14)13-15-6-2-3-7-16(15)20-10-4-5-11-20/h2-3,6-7,14,18H,4-5,8-13H2,1H3. The van der Waals surface area contributed by atoms with Crippen LogP contribution in [-0.4, -0.2) is 44.0 Å². The minimum absolute atomic E-state index is 0.161. The topological polar surface area (TPSA) is 35.6 Å². The molecule has 1 N–H and O–H groups in total. The summed E-state index contributed by atoms with van der Waals surface area (Å²) >= 11 is 0. The smallest absolute Gasteiger partial charge is 0.227 e. The summed E-state index contributed by atoms with van der Waals surface area (Å²) in [6.07, 6.45) is 3.52. The Morgan fingerprint density at radius 1 is 1.33 bits per heavy atom. The molecule has 0 aliphatic carbocycles. The first-order valence-electron chi connectivity index (χ1n) is 8.04. The Balaban J connectivity index is 1.70. The van der Waals surface area contributed by atoms with E-state index >= 15 is 0 Å². The van der Waals surface area contributed by atoms with Crippen molar-refractivity contribution in [3.63, 3.8) is 0 Å². The van der Waals surface area contributed by atoms with Crippen LogP contribution >= 0.6 is 0 Å². The lowest BCUT2D eigenvalue weighted by Crippen LogP contribution is -2.34. The van der Waals surface area contributed by atoms with E-state index in [2.05, 4.69) is 34.5 Å². The lowest BCUT2D eigenvalue weighted by Gasteiger charge is -2.25. The molecule has 21 heavy (non-hydrogen) atoms. The van der Waals surface area contributed by atoms with Gasteiger partial charge in [-0.2, -0.15) is 0 Å². The molecule has 2 aliphatic rings. The Labute approximate surface area is 127 Å². The van der Waals surface area contributed by atoms with Crippen molar-refractivity contribution in [2.75, 3.05) is 38.1 Å². The summed E-state index contributed by atoms with van der Waals surface area (Å²) in [5.74, 6) is 0.435. The van der Waals surface area contributed by atoms with E-state index in [0.717, 1.165) is 32.6 Å². The van der Waals surface area contributed by atoms with Gasteiger partial charge in [-0.15, -0.1) is 0 Å². The number of rotatable bonds is 4. The van der Waals surface area contributed by atoms with Crippen LogP contribution in [0.15, 0.2) is 24.3 Å². The van der Waals surface area contributed by atoms with Gasteiger partial charge in [-0.05, 0) is 37.4 Å². The highest BCUT2D eigenvalue weighted by Crippen LogP contribution is 2.26. The molecule has 2 fully saturated rings. The zero-order valence-corrected chi connectivity index (χ0v) is 12.8. The lowest BCUT2D eigenvalue weighted by atomic mass is 10.1. The minimum atomic E-state index is 0.161. The molecule has 4 nitrogen and oxygen atoms in total. The van der Waals surface area contributed by atoms with Crippen LogP contribution in [0.2, 0.25) is 0 Å². The van der Waals surface area contributed by atoms with E-state index in [0.29, 0.717) is 6.54 Å². The zero-order chi connectivity index (χ0) is 14.7. The predicted molar refractivity (Wildman–Crippen MR) is 85.3 cm³/mol. The highest BCUT2D eigenvalue weighted by Gasteiger charge is 2.26. The van der Waals surface area contributed by atoms with Gasteiger partial charge in [0, 0.05) is 38.9 Å². The second-order valence-corrected chi connectivity index (χ2v) is 6.21. The van der Waals surface area contributed by atoms with Crippen molar-refractivity contribution in [2.45, 2.75) is 25.8 Å². The molecule has 0 saturated carbocycles. The summed E-state index contributed by atoms with van der Waals surface area (Å²) in [6.45, 7) is 4.79. The number of nitrogens with one attached hydrogen (secondary N) is 1. The van der Waals surface area contributed by atoms with Gasteiger partial charge in [-0.3, -0.25) is 4.79 Å². The van der Waals surface area contributed by atoms with E-state index in [1.54, 1.807) is 0 Å². The molecule has 4 heteroatoms. The normalized spacial score (nSPS) is 21.8. The molecule has 3 rings (SSSR count). The molecule has 2 heterocycles. The number of hydrogen-bond donors (Lipinski definition) is 1. The Morgan fingerprint density at radius 2 is 2.10 bits per heavy atom. The van der Waals surface area contributed by atoms with Gasteiger partial charge in [0.05, 0.1) is 5.92 Å². The third kappa shape index (κ3) is 3.21. The predicted octanol–water partition coefficient (Wildman–Crippen LogP) is 1.85. The van der Waals surface area contributed by atoms with Crippen LogP contribution in [0.3, 0.4) is 0 Å². The highest BCUT2D eigenvalue weighted by atomic mass is 16.2. The van der Waals surface area contributed by atoms with E-state index < -0.39 is 0 Å². The number of amides is 1. The van der Waals surface area contributed by atoms with E-state index in [4.69, 9.17) is 0 Å². The van der Waals surface area contributed by atoms with Crippen LogP contribution in [-0.2, 0) is 11.3 Å². The highest BCUT2D eigenvalue weighted by molar-refractivity contribution is 5.79. The molecule has 114 valence electrons. The van der Waals surface area contributed by atoms with Gasteiger partial charge < -0.3 is 15.1 Å². The van der Waals surface area contributed by atoms with Crippen LogP contribution in [0.5, 0.6) is 0 Å². The van der Waals surface area contributed by atoms with E-state index in [9.17, 15) is 4.79 Å². The summed E-state index contributed by atoms with van der Waals surface area (Å²) in [7, 11) is 1.93. The van der Waals surface area contributed by atoms with Gasteiger partial charge in [0.15, 0.2) is 0 Å². The van der Waals surface area contributed by atoms with Gasteiger partial charge in [-0.1, -0.05) is 18.2 Å². The summed E-state index contributed by atoms with van der Waals surface area (Å²) in [5.41, 5.74) is 2.57. The van der Waals surface area contributed by atoms with Gasteiger partial charge in [0.2, 0.25) is 5.91 Å². The van der Waals surface area contributed by atoms with Crippen molar-refractivity contribution in [3.8, 4) is 0 Å². The van der Waals surface area contributed by atoms with Gasteiger partial charge in [0.25, 0.3) is 0 Å². The van der Waals surface area contributed by atoms with Crippen molar-refractivity contribution in [1.29, 1.82) is 0 Å². The third-order valence-corrected chi connectivity index (χ3v) is 4.63. The molecular formula is C17H25N3O. The Kier molecular flexibility index (Phi) is 4.44. The Hall–Kier alpha value is -1.55. The van der Waals surface area contributed by atoms with E-state index in [-0.39, 0.29) is 11.8 Å². The molecule has 0 aromatic heterocycles. The van der Waals surface area contributed by atoms with Gasteiger partial charge in [0.1, 0.15) is 0 Å². The number of carbonyl (C=O) groups is 1. The summed E-state index contributed by atoms with van der Waals surface area (Å²) in [4.78, 5) is 16.8. The third-order valence-electron chi connectivity index (χ3n) is 4.63. The molecule has 0 radical (unpaired) electrons. The first-order chi connectivity index (χ1) is 10.3. The summed E-state index contributed by atoms with van der Waals surface area (Å²) in [6, 6.07) is 8.52. The SMILES string of the molecule is CN(Cc1ccccc1N1CCCC1)C(=O)C1CCNC1. The molecule has 1 unspecified atom stereocenters. The molecule has 0 spiro atoms. The average Bonchev–Trinajstić information content (AvgIpc) is 3.20. The number of benzene rings is 1. The van der Waals surface area contributed by atoms with Crippen molar-refractivity contribution >= 4 is 11.6 Å². The first kappa shape index (κ1) is 14.4. The maximum Gasteiger partial charge on any atom is 0.227 e. The number of hydrogen-bond acceptors (Lipinski definition) is 3. The molecule has 0 bridgehead atoms. The Bertz CT molecular complexity index is 491. The number of carbonyl (C=O) groups excluding carboxylic acids is 1. The molecule has 2 saturated heterocycles. The minimum Gasteiger partial charge on any atom is -0.371 e. The second kappa shape index (κ2) is 6.48. The maximum absolute atomic E-state index is 12.5. The van der Waals surface area contributed by atoms with Gasteiger partial charge in [-0.25, -0.2) is 0 Å². The van der Waals surface area contributed by atoms with Crippen molar-refractivity contribution in [3.05, 3.63) is 29.8 Å². The number of para-hydroxylation sites is 1. The monoisotopic (exact) mass is 287 g/mol. The van der Waals surface area contributed by atoms with Crippen molar-refractivity contribution < 1.29 is 4.79 Å². The first-order valence-corrected chi connectivity index (χ1v) is 8.04. The fraction of sp³-hybridized carbons (Fsp3) is 0.588. The van der Waals surface area contributed by atoms with E-state index in [1.807, 2.05) is 11.9 Å². The fourth-order valence-corrected chi connectivity index (χ4v) is 3.42. The van der Waals surface area contributed by atoms with Crippen molar-refractivity contribution in [1.82, 2.24) is 10.2 Å². The molecule has 1 aromatic carbocycles.